The lowest BCUT2D eigenvalue weighted by Gasteiger charge is -2.30. The van der Waals surface area contributed by atoms with Crippen LogP contribution in [0.4, 0.5) is 0 Å². The minimum Gasteiger partial charge on any atom is -0.496 e. The summed E-state index contributed by atoms with van der Waals surface area (Å²) in [6, 6.07) is 15.9. The molecule has 3 heteroatoms. The fourth-order valence-corrected chi connectivity index (χ4v) is 2.86. The summed E-state index contributed by atoms with van der Waals surface area (Å²) >= 11 is 6.34. The molecule has 2 N–H and O–H groups in total. The normalized spacial score (nSPS) is 13.8. The van der Waals surface area contributed by atoms with Crippen LogP contribution < -0.4 is 10.5 Å². The Morgan fingerprint density at radius 3 is 2.40 bits per heavy atom. The zero-order valence-electron chi connectivity index (χ0n) is 11.9. The maximum atomic E-state index is 6.34. The summed E-state index contributed by atoms with van der Waals surface area (Å²) in [5.74, 6) is 0.888. The van der Waals surface area contributed by atoms with Gasteiger partial charge in [-0.05, 0) is 29.7 Å². The Balaban J connectivity index is 2.40. The molecular weight excluding hydrogens is 270 g/mol. The average molecular weight is 290 g/mol. The Bertz CT molecular complexity index is 585. The number of para-hydroxylation sites is 1. The van der Waals surface area contributed by atoms with Gasteiger partial charge in [0.2, 0.25) is 0 Å². The third kappa shape index (κ3) is 2.97. The molecule has 2 rings (SSSR count). The van der Waals surface area contributed by atoms with Crippen molar-refractivity contribution in [3.63, 3.8) is 0 Å². The van der Waals surface area contributed by atoms with Crippen LogP contribution in [0.25, 0.3) is 0 Å². The zero-order valence-corrected chi connectivity index (χ0v) is 12.7. The summed E-state index contributed by atoms with van der Waals surface area (Å²) in [5.41, 5.74) is 8.05. The minimum atomic E-state index is -0.215. The van der Waals surface area contributed by atoms with Gasteiger partial charge in [-0.3, -0.25) is 0 Å². The van der Waals surface area contributed by atoms with Gasteiger partial charge < -0.3 is 10.5 Å². The highest BCUT2D eigenvalue weighted by molar-refractivity contribution is 6.31. The fourth-order valence-electron chi connectivity index (χ4n) is 2.50. The molecule has 0 bridgehead atoms. The number of halogens is 1. The van der Waals surface area contributed by atoms with Crippen LogP contribution in [0.2, 0.25) is 5.02 Å². The molecule has 1 unspecified atom stereocenters. The molecule has 2 nitrogen and oxygen atoms in total. The van der Waals surface area contributed by atoms with E-state index in [9.17, 15) is 0 Å². The third-order valence-corrected chi connectivity index (χ3v) is 4.08. The first-order valence-corrected chi connectivity index (χ1v) is 7.05. The number of methoxy groups -OCH3 is 1. The fraction of sp³-hybridized carbons (Fsp3) is 0.294. The molecule has 0 spiro atoms. The Morgan fingerprint density at radius 2 is 1.75 bits per heavy atom. The smallest absolute Gasteiger partial charge is 0.122 e. The SMILES string of the molecule is COc1ccccc1CC(C)(CN)c1ccccc1Cl. The largest absolute Gasteiger partial charge is 0.496 e. The Labute approximate surface area is 125 Å². The lowest BCUT2D eigenvalue weighted by molar-refractivity contribution is 0.399. The molecule has 0 fully saturated rings. The van der Waals surface area contributed by atoms with Gasteiger partial charge in [0.1, 0.15) is 5.75 Å². The quantitative estimate of drug-likeness (QED) is 0.908. The minimum absolute atomic E-state index is 0.215. The number of ether oxygens (including phenoxy) is 1. The Kier molecular flexibility index (Phi) is 4.69. The van der Waals surface area contributed by atoms with Gasteiger partial charge >= 0.3 is 0 Å². The summed E-state index contributed by atoms with van der Waals surface area (Å²) in [7, 11) is 1.69. The molecule has 0 aliphatic heterocycles. The van der Waals surface area contributed by atoms with Gasteiger partial charge in [0.15, 0.2) is 0 Å². The van der Waals surface area contributed by atoms with Crippen LogP contribution in [-0.4, -0.2) is 13.7 Å². The van der Waals surface area contributed by atoms with Crippen LogP contribution in [0.5, 0.6) is 5.75 Å². The number of nitrogens with two attached hydrogens (primary N) is 1. The summed E-state index contributed by atoms with van der Waals surface area (Å²) in [6.07, 6.45) is 0.789. The van der Waals surface area contributed by atoms with Gasteiger partial charge in [0, 0.05) is 17.0 Å². The van der Waals surface area contributed by atoms with Crippen LogP contribution in [0.1, 0.15) is 18.1 Å². The van der Waals surface area contributed by atoms with Crippen molar-refractivity contribution >= 4 is 11.6 Å². The lowest BCUT2D eigenvalue weighted by Crippen LogP contribution is -2.34. The van der Waals surface area contributed by atoms with Crippen molar-refractivity contribution in [3.05, 3.63) is 64.7 Å². The van der Waals surface area contributed by atoms with E-state index in [1.54, 1.807) is 7.11 Å². The highest BCUT2D eigenvalue weighted by Crippen LogP contribution is 2.34. The molecule has 1 atom stereocenters. The molecule has 0 radical (unpaired) electrons. The summed E-state index contributed by atoms with van der Waals surface area (Å²) in [6.45, 7) is 2.66. The van der Waals surface area contributed by atoms with E-state index in [1.165, 1.54) is 0 Å². The Morgan fingerprint density at radius 1 is 1.10 bits per heavy atom. The second-order valence-electron chi connectivity index (χ2n) is 5.23. The van der Waals surface area contributed by atoms with Crippen LogP contribution in [0, 0.1) is 0 Å². The highest BCUT2D eigenvalue weighted by Gasteiger charge is 2.28. The average Bonchev–Trinajstić information content (AvgIpc) is 2.48. The van der Waals surface area contributed by atoms with Crippen molar-refractivity contribution in [2.24, 2.45) is 5.73 Å². The molecular formula is C17H20ClNO. The maximum Gasteiger partial charge on any atom is 0.122 e. The molecule has 0 amide bonds. The lowest BCUT2D eigenvalue weighted by atomic mass is 9.77. The molecule has 0 aliphatic carbocycles. The first-order valence-electron chi connectivity index (χ1n) is 6.67. The van der Waals surface area contributed by atoms with Crippen molar-refractivity contribution in [2.45, 2.75) is 18.8 Å². The molecule has 0 heterocycles. The van der Waals surface area contributed by atoms with E-state index in [0.29, 0.717) is 6.54 Å². The van der Waals surface area contributed by atoms with E-state index in [1.807, 2.05) is 42.5 Å². The van der Waals surface area contributed by atoms with Gasteiger partial charge in [-0.25, -0.2) is 0 Å². The molecule has 0 saturated carbocycles. The van der Waals surface area contributed by atoms with Crippen molar-refractivity contribution in [2.75, 3.05) is 13.7 Å². The predicted octanol–water partition coefficient (Wildman–Crippen LogP) is 3.81. The summed E-state index contributed by atoms with van der Waals surface area (Å²) in [4.78, 5) is 0. The number of benzene rings is 2. The molecule has 106 valence electrons. The van der Waals surface area contributed by atoms with E-state index in [2.05, 4.69) is 13.0 Å². The maximum absolute atomic E-state index is 6.34. The zero-order chi connectivity index (χ0) is 14.6. The van der Waals surface area contributed by atoms with Crippen molar-refractivity contribution < 1.29 is 4.74 Å². The number of hydrogen-bond acceptors (Lipinski definition) is 2. The standard InChI is InChI=1S/C17H20ClNO/c1-17(12-19,14-8-4-5-9-15(14)18)11-13-7-3-6-10-16(13)20-2/h3-10H,11-12,19H2,1-2H3. The molecule has 0 saturated heterocycles. The van der Waals surface area contributed by atoms with Crippen molar-refractivity contribution in [3.8, 4) is 5.75 Å². The first-order chi connectivity index (χ1) is 9.60. The molecule has 0 aliphatic rings. The van der Waals surface area contributed by atoms with Crippen LogP contribution in [0.3, 0.4) is 0 Å². The molecule has 2 aromatic carbocycles. The Hall–Kier alpha value is -1.51. The summed E-state index contributed by atoms with van der Waals surface area (Å²) < 4.78 is 5.43. The number of hydrogen-bond donors (Lipinski definition) is 1. The van der Waals surface area contributed by atoms with Gasteiger partial charge in [0.25, 0.3) is 0 Å². The van der Waals surface area contributed by atoms with E-state index in [-0.39, 0.29) is 5.41 Å². The first kappa shape index (κ1) is 14.9. The summed E-state index contributed by atoms with van der Waals surface area (Å²) in [5, 5.41) is 0.760. The van der Waals surface area contributed by atoms with Gasteiger partial charge in [-0.15, -0.1) is 0 Å². The van der Waals surface area contributed by atoms with E-state index >= 15 is 0 Å². The monoisotopic (exact) mass is 289 g/mol. The van der Waals surface area contributed by atoms with E-state index < -0.39 is 0 Å². The van der Waals surface area contributed by atoms with Crippen molar-refractivity contribution in [1.29, 1.82) is 0 Å². The molecule has 0 aromatic heterocycles. The predicted molar refractivity (Wildman–Crippen MR) is 84.6 cm³/mol. The second-order valence-corrected chi connectivity index (χ2v) is 5.64. The van der Waals surface area contributed by atoms with Crippen LogP contribution in [-0.2, 0) is 11.8 Å². The van der Waals surface area contributed by atoms with Gasteiger partial charge in [-0.2, -0.15) is 0 Å². The van der Waals surface area contributed by atoms with Crippen LogP contribution in [0.15, 0.2) is 48.5 Å². The molecule has 20 heavy (non-hydrogen) atoms. The van der Waals surface area contributed by atoms with Gasteiger partial charge in [-0.1, -0.05) is 54.9 Å². The van der Waals surface area contributed by atoms with E-state index in [0.717, 1.165) is 28.3 Å². The van der Waals surface area contributed by atoms with E-state index in [4.69, 9.17) is 22.1 Å². The second kappa shape index (κ2) is 6.29. The third-order valence-electron chi connectivity index (χ3n) is 3.75. The molecule has 2 aromatic rings. The number of rotatable bonds is 5. The van der Waals surface area contributed by atoms with Crippen molar-refractivity contribution in [1.82, 2.24) is 0 Å². The topological polar surface area (TPSA) is 35.2 Å². The van der Waals surface area contributed by atoms with Crippen LogP contribution >= 0.6 is 11.6 Å². The highest BCUT2D eigenvalue weighted by atomic mass is 35.5. The van der Waals surface area contributed by atoms with Gasteiger partial charge in [0.05, 0.1) is 7.11 Å².